The van der Waals surface area contributed by atoms with Gasteiger partial charge in [-0.25, -0.2) is 0 Å². The summed E-state index contributed by atoms with van der Waals surface area (Å²) in [5.74, 6) is 2.56. The smallest absolute Gasteiger partial charge is 0.161 e. The van der Waals surface area contributed by atoms with Crippen molar-refractivity contribution in [2.75, 3.05) is 26.8 Å². The monoisotopic (exact) mass is 319 g/mol. The molecule has 0 radical (unpaired) electrons. The Bertz CT molecular complexity index is 562. The summed E-state index contributed by atoms with van der Waals surface area (Å²) in [7, 11) is 1.68. The highest BCUT2D eigenvalue weighted by molar-refractivity contribution is 5.45. The van der Waals surface area contributed by atoms with Crippen molar-refractivity contribution in [3.8, 4) is 11.5 Å². The van der Waals surface area contributed by atoms with E-state index in [1.807, 2.05) is 19.9 Å². The number of hydrogen-bond acceptors (Lipinski definition) is 4. The Labute approximate surface area is 139 Å². The van der Waals surface area contributed by atoms with Gasteiger partial charge in [-0.3, -0.25) is 0 Å². The van der Waals surface area contributed by atoms with Gasteiger partial charge in [0, 0.05) is 24.4 Å². The van der Waals surface area contributed by atoms with Gasteiger partial charge in [0.25, 0.3) is 0 Å². The second-order valence-corrected chi connectivity index (χ2v) is 7.82. The Hall–Kier alpha value is -1.26. The third-order valence-corrected chi connectivity index (χ3v) is 5.77. The van der Waals surface area contributed by atoms with Gasteiger partial charge in [-0.05, 0) is 50.3 Å². The minimum absolute atomic E-state index is 0.213. The van der Waals surface area contributed by atoms with Crippen molar-refractivity contribution in [1.29, 1.82) is 0 Å². The van der Waals surface area contributed by atoms with Gasteiger partial charge < -0.3 is 19.9 Å². The van der Waals surface area contributed by atoms with Crippen LogP contribution in [0.2, 0.25) is 0 Å². The van der Waals surface area contributed by atoms with Gasteiger partial charge in [0.2, 0.25) is 0 Å². The van der Waals surface area contributed by atoms with E-state index in [4.69, 9.17) is 9.47 Å². The van der Waals surface area contributed by atoms with Gasteiger partial charge in [-0.15, -0.1) is 0 Å². The fraction of sp³-hybridized carbons (Fsp3) is 0.684. The fourth-order valence-electron chi connectivity index (χ4n) is 3.47. The van der Waals surface area contributed by atoms with Crippen LogP contribution < -0.4 is 14.8 Å². The summed E-state index contributed by atoms with van der Waals surface area (Å²) in [6.45, 7) is 8.42. The molecular formula is C19H29NO3. The minimum Gasteiger partial charge on any atom is -0.493 e. The zero-order chi connectivity index (χ0) is 16.7. The van der Waals surface area contributed by atoms with E-state index in [0.29, 0.717) is 5.92 Å². The highest BCUT2D eigenvalue weighted by Crippen LogP contribution is 2.48. The van der Waals surface area contributed by atoms with Crippen LogP contribution in [-0.2, 0) is 0 Å². The predicted octanol–water partition coefficient (Wildman–Crippen LogP) is 2.95. The Kier molecular flexibility index (Phi) is 4.32. The molecule has 1 aliphatic carbocycles. The van der Waals surface area contributed by atoms with Gasteiger partial charge in [-0.1, -0.05) is 13.0 Å². The first-order valence-corrected chi connectivity index (χ1v) is 8.59. The largest absolute Gasteiger partial charge is 0.493 e. The Morgan fingerprint density at radius 2 is 2.04 bits per heavy atom. The van der Waals surface area contributed by atoms with Gasteiger partial charge in [0.05, 0.1) is 19.3 Å². The van der Waals surface area contributed by atoms with Crippen LogP contribution in [0.25, 0.3) is 0 Å². The number of rotatable bonds is 6. The molecule has 1 heterocycles. The van der Waals surface area contributed by atoms with Crippen LogP contribution in [0.4, 0.5) is 0 Å². The first-order valence-electron chi connectivity index (χ1n) is 8.59. The molecule has 1 aromatic carbocycles. The minimum atomic E-state index is -0.754. The second-order valence-electron chi connectivity index (χ2n) is 7.82. The van der Waals surface area contributed by atoms with E-state index in [0.717, 1.165) is 31.2 Å². The molecule has 0 unspecified atom stereocenters. The number of nitrogens with one attached hydrogen (secondary N) is 1. The summed E-state index contributed by atoms with van der Waals surface area (Å²) in [4.78, 5) is 0. The summed E-state index contributed by atoms with van der Waals surface area (Å²) in [6, 6.07) is 6.19. The average molecular weight is 319 g/mol. The maximum Gasteiger partial charge on any atom is 0.161 e. The molecule has 4 heteroatoms. The fourth-order valence-corrected chi connectivity index (χ4v) is 3.47. The lowest BCUT2D eigenvalue weighted by atomic mass is 9.66. The molecule has 1 saturated carbocycles. The molecular weight excluding hydrogens is 290 g/mol. The maximum atomic E-state index is 10.7. The van der Waals surface area contributed by atoms with Crippen LogP contribution in [0.15, 0.2) is 18.2 Å². The molecule has 2 fully saturated rings. The number of ether oxygens (including phenoxy) is 2. The summed E-state index contributed by atoms with van der Waals surface area (Å²) >= 11 is 0. The predicted molar refractivity (Wildman–Crippen MR) is 91.2 cm³/mol. The molecule has 1 aromatic rings. The van der Waals surface area contributed by atoms with E-state index in [1.54, 1.807) is 7.11 Å². The highest BCUT2D eigenvalue weighted by atomic mass is 16.5. The van der Waals surface area contributed by atoms with E-state index < -0.39 is 5.60 Å². The van der Waals surface area contributed by atoms with E-state index in [9.17, 15) is 5.11 Å². The number of methoxy groups -OCH3 is 1. The van der Waals surface area contributed by atoms with Crippen molar-refractivity contribution in [2.24, 2.45) is 11.3 Å². The number of aliphatic hydroxyl groups is 1. The van der Waals surface area contributed by atoms with E-state index >= 15 is 0 Å². The van der Waals surface area contributed by atoms with Gasteiger partial charge >= 0.3 is 0 Å². The van der Waals surface area contributed by atoms with Crippen molar-refractivity contribution in [3.63, 3.8) is 0 Å². The molecule has 2 atom stereocenters. The van der Waals surface area contributed by atoms with Crippen LogP contribution in [0.1, 0.15) is 45.1 Å². The van der Waals surface area contributed by atoms with Crippen molar-refractivity contribution < 1.29 is 14.6 Å². The zero-order valence-corrected chi connectivity index (χ0v) is 14.7. The van der Waals surface area contributed by atoms with E-state index in [2.05, 4.69) is 24.4 Å². The standard InChI is InChI=1S/C19H29NO3/c1-18(2,21)19(3)12-20-10-15(19)14-7-8-16(22-4)17(9-14)23-11-13-5-6-13/h7-9,13,15,20-21H,5-6,10-12H2,1-4H3/t15-,19+/m0/s1. The number of hydrogen-bond donors (Lipinski definition) is 2. The normalized spacial score (nSPS) is 28.0. The van der Waals surface area contributed by atoms with Gasteiger partial charge in [-0.2, -0.15) is 0 Å². The van der Waals surface area contributed by atoms with Crippen molar-refractivity contribution in [1.82, 2.24) is 5.32 Å². The summed E-state index contributed by atoms with van der Waals surface area (Å²) < 4.78 is 11.4. The summed E-state index contributed by atoms with van der Waals surface area (Å²) in [5, 5.41) is 14.1. The molecule has 0 bridgehead atoms. The first-order chi connectivity index (χ1) is 10.8. The molecule has 4 nitrogen and oxygen atoms in total. The molecule has 2 N–H and O–H groups in total. The Morgan fingerprint density at radius 3 is 2.65 bits per heavy atom. The van der Waals surface area contributed by atoms with Crippen molar-refractivity contribution >= 4 is 0 Å². The third-order valence-electron chi connectivity index (χ3n) is 5.77. The lowest BCUT2D eigenvalue weighted by molar-refractivity contribution is -0.0430. The molecule has 2 aliphatic rings. The Morgan fingerprint density at radius 1 is 1.30 bits per heavy atom. The molecule has 3 rings (SSSR count). The molecule has 0 spiro atoms. The maximum absolute atomic E-state index is 10.7. The average Bonchev–Trinajstić information content (AvgIpc) is 3.24. The third kappa shape index (κ3) is 3.20. The molecule has 128 valence electrons. The quantitative estimate of drug-likeness (QED) is 0.846. The van der Waals surface area contributed by atoms with Gasteiger partial charge in [0.1, 0.15) is 0 Å². The van der Waals surface area contributed by atoms with E-state index in [1.165, 1.54) is 18.4 Å². The summed E-state index contributed by atoms with van der Waals surface area (Å²) in [6.07, 6.45) is 2.54. The first kappa shape index (κ1) is 16.6. The summed E-state index contributed by atoms with van der Waals surface area (Å²) in [5.41, 5.74) is 0.233. The van der Waals surface area contributed by atoms with Crippen LogP contribution in [0.3, 0.4) is 0 Å². The molecule has 0 aromatic heterocycles. The van der Waals surface area contributed by atoms with E-state index in [-0.39, 0.29) is 11.3 Å². The topological polar surface area (TPSA) is 50.7 Å². The second kappa shape index (κ2) is 5.99. The van der Waals surface area contributed by atoms with Crippen molar-refractivity contribution in [2.45, 2.75) is 45.1 Å². The molecule has 23 heavy (non-hydrogen) atoms. The lowest BCUT2D eigenvalue weighted by Gasteiger charge is -2.41. The molecule has 1 saturated heterocycles. The molecule has 1 aliphatic heterocycles. The lowest BCUT2D eigenvalue weighted by Crippen LogP contribution is -2.46. The van der Waals surface area contributed by atoms with Gasteiger partial charge in [0.15, 0.2) is 11.5 Å². The number of benzene rings is 1. The van der Waals surface area contributed by atoms with Crippen LogP contribution in [0, 0.1) is 11.3 Å². The molecule has 0 amide bonds. The van der Waals surface area contributed by atoms with Crippen LogP contribution >= 0.6 is 0 Å². The van der Waals surface area contributed by atoms with Crippen molar-refractivity contribution in [3.05, 3.63) is 23.8 Å². The van der Waals surface area contributed by atoms with Crippen LogP contribution in [-0.4, -0.2) is 37.5 Å². The SMILES string of the molecule is COc1ccc([C@@H]2CNC[C@@]2(C)C(C)(C)O)cc1OCC1CC1. The highest BCUT2D eigenvalue weighted by Gasteiger charge is 2.49. The van der Waals surface area contributed by atoms with Crippen LogP contribution in [0.5, 0.6) is 11.5 Å². The Balaban J connectivity index is 1.87. The zero-order valence-electron chi connectivity index (χ0n) is 14.7.